The number of carbonyl (C=O) groups is 8. The number of rotatable bonds is 26. The highest BCUT2D eigenvalue weighted by molar-refractivity contribution is 8.00. The molecule has 0 bridgehead atoms. The van der Waals surface area contributed by atoms with Crippen LogP contribution in [0.2, 0.25) is 25.7 Å². The van der Waals surface area contributed by atoms with E-state index in [4.69, 9.17) is 9.47 Å². The summed E-state index contributed by atoms with van der Waals surface area (Å²) in [5, 5.41) is 10.6. The van der Waals surface area contributed by atoms with E-state index in [1.165, 1.54) is 0 Å². The molecule has 7 amide bonds. The number of nitrogens with one attached hydrogen (secondary N) is 4. The van der Waals surface area contributed by atoms with Crippen LogP contribution in [0.4, 0.5) is 13.6 Å². The van der Waals surface area contributed by atoms with Crippen molar-refractivity contribution in [3.63, 3.8) is 0 Å². The number of amides is 7. The van der Waals surface area contributed by atoms with Gasteiger partial charge in [-0.2, -0.15) is 0 Å². The fraction of sp³-hybridized carbons (Fsp3) is 0.500. The number of ether oxygens (including phenoxy) is 2. The van der Waals surface area contributed by atoms with E-state index in [0.717, 1.165) is 58.6 Å². The Morgan fingerprint density at radius 3 is 2.14 bits per heavy atom. The Morgan fingerprint density at radius 1 is 0.822 bits per heavy atom. The van der Waals surface area contributed by atoms with Crippen molar-refractivity contribution in [3.05, 3.63) is 95.8 Å². The molecule has 0 saturated heterocycles. The molecule has 2 heterocycles. The van der Waals surface area contributed by atoms with E-state index in [9.17, 15) is 42.7 Å². The lowest BCUT2D eigenvalue weighted by atomic mass is 9.83. The summed E-state index contributed by atoms with van der Waals surface area (Å²) in [5.41, 5.74) is 0.502. The number of halogens is 2. The Morgan fingerprint density at radius 2 is 1.49 bits per heavy atom. The summed E-state index contributed by atoms with van der Waals surface area (Å²) in [5.74, 6) is -5.72. The minimum Gasteiger partial charge on any atom is -0.460 e. The van der Waals surface area contributed by atoms with Crippen molar-refractivity contribution in [2.24, 2.45) is 5.41 Å². The standard InChI is InChI=1S/C52H71F2N7O10SSi/c1-51(2,3)48(41-28-36(38-29-37(53)16-17-39(38)54)31-59(41)30-35-14-11-10-12-15-35)60(25-13-22-57-50(69)70-26-27-73(7,8)9)46(66)34-72-33-40(58-42(62)18-21-47(67)71-52(4,5)6)49(68)56-24-23-55-43(63)32-61-44(64)19-20-45(61)65/h10-12,14-17,19-20,28-29,31,40,48H,13,18,21-27,30,32-34H2,1-9H3,(H,55,63)(H,56,68)(H,57,69)(H,58,62)/t40-,48-/m0/s1. The number of carbonyl (C=O) groups excluding carboxylic acids is 8. The van der Waals surface area contributed by atoms with Gasteiger partial charge in [-0.1, -0.05) is 70.7 Å². The first-order chi connectivity index (χ1) is 34.2. The van der Waals surface area contributed by atoms with Crippen molar-refractivity contribution >= 4 is 67.3 Å². The fourth-order valence-electron chi connectivity index (χ4n) is 7.65. The number of alkyl carbamates (subject to hydrolysis) is 1. The van der Waals surface area contributed by atoms with Gasteiger partial charge in [0.05, 0.1) is 24.8 Å². The molecule has 0 fully saturated rings. The van der Waals surface area contributed by atoms with Crippen molar-refractivity contribution in [2.75, 3.05) is 50.8 Å². The first-order valence-corrected chi connectivity index (χ1v) is 29.1. The number of benzene rings is 2. The molecule has 2 aromatic carbocycles. The number of nitrogens with zero attached hydrogens (tertiary/aromatic N) is 3. The van der Waals surface area contributed by atoms with Crippen LogP contribution in [0.25, 0.3) is 11.1 Å². The molecule has 4 rings (SSSR count). The number of hydrogen-bond acceptors (Lipinski definition) is 11. The minimum absolute atomic E-state index is 0.0402. The zero-order chi connectivity index (χ0) is 54.1. The molecular formula is C52H71F2N7O10SSi. The lowest BCUT2D eigenvalue weighted by molar-refractivity contribution is -0.155. The van der Waals surface area contributed by atoms with E-state index in [0.29, 0.717) is 24.2 Å². The zero-order valence-corrected chi connectivity index (χ0v) is 45.2. The lowest BCUT2D eigenvalue weighted by Crippen LogP contribution is -2.50. The van der Waals surface area contributed by atoms with Crippen LogP contribution in [0.5, 0.6) is 0 Å². The first-order valence-electron chi connectivity index (χ1n) is 24.3. The summed E-state index contributed by atoms with van der Waals surface area (Å²) in [6.45, 7) is 17.7. The lowest BCUT2D eigenvalue weighted by Gasteiger charge is -2.41. The van der Waals surface area contributed by atoms with E-state index < -0.39 is 91.0 Å². The molecule has 0 spiro atoms. The van der Waals surface area contributed by atoms with E-state index in [2.05, 4.69) is 40.9 Å². The molecule has 2 atom stereocenters. The molecule has 1 aliphatic rings. The highest BCUT2D eigenvalue weighted by Crippen LogP contribution is 2.41. The topological polar surface area (TPSA) is 215 Å². The normalized spacial score (nSPS) is 13.5. The van der Waals surface area contributed by atoms with Gasteiger partial charge in [-0.3, -0.25) is 38.5 Å². The van der Waals surface area contributed by atoms with Crippen LogP contribution >= 0.6 is 11.8 Å². The van der Waals surface area contributed by atoms with E-state index in [1.807, 2.05) is 55.7 Å². The smallest absolute Gasteiger partial charge is 0.407 e. The fourth-order valence-corrected chi connectivity index (χ4v) is 9.30. The van der Waals surface area contributed by atoms with Gasteiger partial charge >= 0.3 is 12.1 Å². The molecule has 3 aromatic rings. The van der Waals surface area contributed by atoms with E-state index in [-0.39, 0.29) is 68.6 Å². The van der Waals surface area contributed by atoms with Crippen LogP contribution in [0.15, 0.2) is 72.9 Å². The minimum atomic E-state index is -1.46. The molecule has 1 aliphatic heterocycles. The van der Waals surface area contributed by atoms with Gasteiger partial charge in [0.1, 0.15) is 29.8 Å². The van der Waals surface area contributed by atoms with Crippen molar-refractivity contribution < 1.29 is 56.6 Å². The third kappa shape index (κ3) is 20.2. The molecule has 21 heteroatoms. The average molecular weight is 1050 g/mol. The second kappa shape index (κ2) is 27.1. The van der Waals surface area contributed by atoms with Gasteiger partial charge in [0.2, 0.25) is 23.6 Å². The molecule has 0 saturated carbocycles. The van der Waals surface area contributed by atoms with Gasteiger partial charge in [-0.15, -0.1) is 11.8 Å². The van der Waals surface area contributed by atoms with Gasteiger partial charge in [-0.25, -0.2) is 13.6 Å². The van der Waals surface area contributed by atoms with Crippen LogP contribution in [-0.2, 0) is 49.6 Å². The summed E-state index contributed by atoms with van der Waals surface area (Å²) < 4.78 is 42.8. The maximum absolute atomic E-state index is 15.4. The van der Waals surface area contributed by atoms with Crippen LogP contribution in [0, 0.1) is 17.0 Å². The third-order valence-corrected chi connectivity index (χ3v) is 13.8. The van der Waals surface area contributed by atoms with Gasteiger partial charge < -0.3 is 40.2 Å². The predicted octanol–water partition coefficient (Wildman–Crippen LogP) is 6.35. The van der Waals surface area contributed by atoms with Crippen LogP contribution in [0.1, 0.15) is 78.1 Å². The summed E-state index contributed by atoms with van der Waals surface area (Å²) >= 11 is 1.07. The van der Waals surface area contributed by atoms with Crippen molar-refractivity contribution in [3.8, 4) is 11.1 Å². The number of hydrogen-bond donors (Lipinski definition) is 4. The largest absolute Gasteiger partial charge is 0.460 e. The molecule has 0 aliphatic carbocycles. The molecule has 398 valence electrons. The van der Waals surface area contributed by atoms with Crippen molar-refractivity contribution in [1.29, 1.82) is 0 Å². The van der Waals surface area contributed by atoms with E-state index >= 15 is 4.39 Å². The molecule has 73 heavy (non-hydrogen) atoms. The average Bonchev–Trinajstić information content (AvgIpc) is 3.84. The van der Waals surface area contributed by atoms with Crippen molar-refractivity contribution in [2.45, 2.75) is 111 Å². The Labute approximate surface area is 431 Å². The summed E-state index contributed by atoms with van der Waals surface area (Å²) in [4.78, 5) is 106. The second-order valence-corrected chi connectivity index (χ2v) is 27.6. The summed E-state index contributed by atoms with van der Waals surface area (Å²) in [6.07, 6.45) is 3.00. The molecule has 17 nitrogen and oxygen atoms in total. The molecule has 1 aromatic heterocycles. The Balaban J connectivity index is 1.60. The summed E-state index contributed by atoms with van der Waals surface area (Å²) in [6, 6.07) is 13.4. The Kier molecular flexibility index (Phi) is 22.0. The number of esters is 1. The number of aromatic nitrogens is 1. The Hall–Kier alpha value is -6.35. The van der Waals surface area contributed by atoms with Crippen molar-refractivity contribution in [1.82, 2.24) is 35.6 Å². The highest BCUT2D eigenvalue weighted by Gasteiger charge is 2.37. The van der Waals surface area contributed by atoms with Crippen LogP contribution in [0.3, 0.4) is 0 Å². The predicted molar refractivity (Wildman–Crippen MR) is 278 cm³/mol. The molecule has 0 unspecified atom stereocenters. The van der Waals surface area contributed by atoms with Gasteiger partial charge in [0, 0.05) is 88.1 Å². The number of thioether (sulfide) groups is 1. The Bertz CT molecular complexity index is 2450. The highest BCUT2D eigenvalue weighted by atomic mass is 32.2. The van der Waals surface area contributed by atoms with Crippen LogP contribution in [-0.4, -0.2) is 132 Å². The quantitative estimate of drug-likeness (QED) is 0.0301. The van der Waals surface area contributed by atoms with E-state index in [1.54, 1.807) is 37.9 Å². The SMILES string of the molecule is CC(C)(C)OC(=O)CCC(=O)N[C@@H](CSCC(=O)N(CCCNC(=O)OCC[Si](C)(C)C)[C@@H](c1cc(-c2cc(F)ccc2F)cn1Cc1ccccc1)C(C)(C)C)C(=O)NCCNC(=O)CN1C(=O)C=CC1=O. The first kappa shape index (κ1) is 59.2. The number of imide groups is 1. The summed E-state index contributed by atoms with van der Waals surface area (Å²) in [7, 11) is -1.46. The molecular weight excluding hydrogens is 981 g/mol. The van der Waals surface area contributed by atoms with Gasteiger partial charge in [-0.05, 0) is 68.5 Å². The maximum Gasteiger partial charge on any atom is 0.407 e. The zero-order valence-electron chi connectivity index (χ0n) is 43.4. The maximum atomic E-state index is 15.4. The molecule has 0 radical (unpaired) electrons. The third-order valence-electron chi connectivity index (χ3n) is 11.1. The van der Waals surface area contributed by atoms with Crippen LogP contribution < -0.4 is 21.3 Å². The molecule has 4 N–H and O–H groups in total. The van der Waals surface area contributed by atoms with Gasteiger partial charge in [0.15, 0.2) is 0 Å². The monoisotopic (exact) mass is 1050 g/mol. The van der Waals surface area contributed by atoms with Gasteiger partial charge in [0.25, 0.3) is 11.8 Å². The second-order valence-electron chi connectivity index (χ2n) is 20.9.